The molecule has 2 saturated heterocycles. The third kappa shape index (κ3) is 7.06. The van der Waals surface area contributed by atoms with Crippen molar-refractivity contribution in [2.24, 2.45) is 0 Å². The molecular formula is C32H43FN2O4. The molecule has 0 spiro atoms. The number of hydrogen-bond donors (Lipinski definition) is 2. The monoisotopic (exact) mass is 538 g/mol. The van der Waals surface area contributed by atoms with Crippen LogP contribution in [0.2, 0.25) is 0 Å². The Balaban J connectivity index is 1.42. The van der Waals surface area contributed by atoms with Gasteiger partial charge in [-0.3, -0.25) is 0 Å². The Labute approximate surface area is 232 Å². The lowest BCUT2D eigenvalue weighted by atomic mass is 9.96. The molecule has 2 heterocycles. The first kappa shape index (κ1) is 29.2. The van der Waals surface area contributed by atoms with E-state index in [2.05, 4.69) is 52.2 Å². The normalized spacial score (nSPS) is 24.9. The fraction of sp³-hybridized carbons (Fsp3) is 0.562. The van der Waals surface area contributed by atoms with Gasteiger partial charge in [0.05, 0.1) is 16.7 Å². The van der Waals surface area contributed by atoms with Crippen molar-refractivity contribution in [2.45, 2.75) is 115 Å². The Morgan fingerprint density at radius 1 is 0.769 bits per heavy atom. The van der Waals surface area contributed by atoms with E-state index in [1.165, 1.54) is 6.07 Å². The quantitative estimate of drug-likeness (QED) is 0.428. The predicted molar refractivity (Wildman–Crippen MR) is 151 cm³/mol. The van der Waals surface area contributed by atoms with Crippen LogP contribution in [-0.2, 0) is 9.47 Å². The molecule has 7 heteroatoms. The zero-order valence-electron chi connectivity index (χ0n) is 24.5. The van der Waals surface area contributed by atoms with Crippen LogP contribution in [0.4, 0.5) is 4.39 Å². The number of hydrogen-bond acceptors (Lipinski definition) is 6. The summed E-state index contributed by atoms with van der Waals surface area (Å²) < 4.78 is 26.8. The molecule has 2 aliphatic rings. The van der Waals surface area contributed by atoms with Crippen molar-refractivity contribution in [3.05, 3.63) is 59.4 Å². The minimum absolute atomic E-state index is 0.0497. The van der Waals surface area contributed by atoms with Crippen LogP contribution in [0.1, 0.15) is 102 Å². The van der Waals surface area contributed by atoms with Gasteiger partial charge in [-0.05, 0) is 98.1 Å². The van der Waals surface area contributed by atoms with Crippen molar-refractivity contribution in [1.82, 2.24) is 10.6 Å². The molecule has 0 amide bonds. The van der Waals surface area contributed by atoms with Crippen molar-refractivity contribution in [3.63, 3.8) is 0 Å². The number of carbonyl (C=O) groups excluding carboxylic acids is 2. The molecule has 2 unspecified atom stereocenters. The number of nitrogens with one attached hydrogen (secondary N) is 2. The van der Waals surface area contributed by atoms with Gasteiger partial charge in [-0.15, -0.1) is 0 Å². The first-order valence-corrected chi connectivity index (χ1v) is 13.9. The maximum atomic E-state index is 15.1. The SMILES string of the molecule is CC1(C)CCC(OC(=O)c2ccc(-c3ccc(C(=O)OC4CC(C)(C)NC4(C)C)cc3)c(F)c2)CC(C)(C)N1. The van der Waals surface area contributed by atoms with E-state index in [4.69, 9.17) is 9.47 Å². The Morgan fingerprint density at radius 3 is 1.95 bits per heavy atom. The van der Waals surface area contributed by atoms with E-state index in [9.17, 15) is 9.59 Å². The molecule has 0 saturated carbocycles. The molecule has 2 N–H and O–H groups in total. The molecule has 0 aromatic heterocycles. The van der Waals surface area contributed by atoms with E-state index in [-0.39, 0.29) is 39.9 Å². The molecule has 4 rings (SSSR count). The minimum atomic E-state index is -0.523. The highest BCUT2D eigenvalue weighted by Gasteiger charge is 2.46. The Bertz CT molecular complexity index is 1230. The van der Waals surface area contributed by atoms with E-state index >= 15 is 4.39 Å². The molecule has 2 atom stereocenters. The second-order valence-corrected chi connectivity index (χ2v) is 13.8. The van der Waals surface area contributed by atoms with Crippen molar-refractivity contribution in [1.29, 1.82) is 0 Å². The highest BCUT2D eigenvalue weighted by molar-refractivity contribution is 5.91. The van der Waals surface area contributed by atoms with Crippen LogP contribution in [0.15, 0.2) is 42.5 Å². The molecular weight excluding hydrogens is 495 g/mol. The molecule has 0 aliphatic carbocycles. The van der Waals surface area contributed by atoms with Crippen LogP contribution >= 0.6 is 0 Å². The summed E-state index contributed by atoms with van der Waals surface area (Å²) in [5.74, 6) is -1.45. The maximum Gasteiger partial charge on any atom is 0.338 e. The summed E-state index contributed by atoms with van der Waals surface area (Å²) in [6, 6.07) is 11.1. The molecule has 2 aliphatic heterocycles. The lowest BCUT2D eigenvalue weighted by Crippen LogP contribution is -2.50. The van der Waals surface area contributed by atoms with Gasteiger partial charge in [-0.2, -0.15) is 0 Å². The summed E-state index contributed by atoms with van der Waals surface area (Å²) in [5.41, 5.74) is 0.860. The van der Waals surface area contributed by atoms with Gasteiger partial charge in [-0.1, -0.05) is 18.2 Å². The van der Waals surface area contributed by atoms with Crippen LogP contribution in [0.3, 0.4) is 0 Å². The summed E-state index contributed by atoms with van der Waals surface area (Å²) in [4.78, 5) is 25.7. The van der Waals surface area contributed by atoms with Crippen LogP contribution in [0, 0.1) is 5.82 Å². The van der Waals surface area contributed by atoms with Gasteiger partial charge in [0.1, 0.15) is 18.0 Å². The Kier molecular flexibility index (Phi) is 7.74. The van der Waals surface area contributed by atoms with Crippen molar-refractivity contribution in [3.8, 4) is 11.1 Å². The topological polar surface area (TPSA) is 76.7 Å². The largest absolute Gasteiger partial charge is 0.459 e. The third-order valence-corrected chi connectivity index (χ3v) is 7.83. The van der Waals surface area contributed by atoms with E-state index in [0.29, 0.717) is 23.1 Å². The molecule has 6 nitrogen and oxygen atoms in total. The molecule has 39 heavy (non-hydrogen) atoms. The van der Waals surface area contributed by atoms with Crippen LogP contribution in [-0.4, -0.2) is 46.3 Å². The number of carbonyl (C=O) groups is 2. The molecule has 2 aromatic rings. The fourth-order valence-corrected chi connectivity index (χ4v) is 6.31. The summed E-state index contributed by atoms with van der Waals surface area (Å²) >= 11 is 0. The second kappa shape index (κ2) is 10.3. The zero-order valence-corrected chi connectivity index (χ0v) is 24.5. The highest BCUT2D eigenvalue weighted by atomic mass is 19.1. The summed E-state index contributed by atoms with van der Waals surface area (Å²) in [6.45, 7) is 16.7. The van der Waals surface area contributed by atoms with E-state index in [1.807, 2.05) is 13.8 Å². The zero-order chi connectivity index (χ0) is 28.8. The van der Waals surface area contributed by atoms with Crippen molar-refractivity contribution in [2.75, 3.05) is 0 Å². The fourth-order valence-electron chi connectivity index (χ4n) is 6.31. The van der Waals surface area contributed by atoms with Gasteiger partial charge < -0.3 is 20.1 Å². The first-order chi connectivity index (χ1) is 18.0. The summed E-state index contributed by atoms with van der Waals surface area (Å²) in [6.07, 6.45) is 2.53. The summed E-state index contributed by atoms with van der Waals surface area (Å²) in [5, 5.41) is 7.13. The van der Waals surface area contributed by atoms with Gasteiger partial charge in [0.15, 0.2) is 0 Å². The standard InChI is InChI=1S/C32H43FN2O4/c1-29(2)16-15-23(18-30(3,4)34-29)38-28(37)22-13-14-24(25(33)17-22)20-9-11-21(12-10-20)27(36)39-26-19-31(5,6)35-32(26,7)8/h9-14,17,23,26,34-35H,15-16,18-19H2,1-8H3. The molecule has 212 valence electrons. The van der Waals surface area contributed by atoms with Gasteiger partial charge in [-0.25, -0.2) is 14.0 Å². The predicted octanol–water partition coefficient (Wildman–Crippen LogP) is 6.42. The Morgan fingerprint density at radius 2 is 1.36 bits per heavy atom. The van der Waals surface area contributed by atoms with Gasteiger partial charge >= 0.3 is 11.9 Å². The lowest BCUT2D eigenvalue weighted by molar-refractivity contribution is 0.0170. The number of halogens is 1. The van der Waals surface area contributed by atoms with Crippen LogP contribution in [0.5, 0.6) is 0 Å². The van der Waals surface area contributed by atoms with E-state index in [1.54, 1.807) is 36.4 Å². The smallest absolute Gasteiger partial charge is 0.338 e. The number of benzene rings is 2. The van der Waals surface area contributed by atoms with Crippen molar-refractivity contribution >= 4 is 11.9 Å². The van der Waals surface area contributed by atoms with E-state index in [0.717, 1.165) is 19.3 Å². The average Bonchev–Trinajstić information content (AvgIpc) is 2.94. The highest BCUT2D eigenvalue weighted by Crippen LogP contribution is 2.34. The minimum Gasteiger partial charge on any atom is -0.459 e. The maximum absolute atomic E-state index is 15.1. The van der Waals surface area contributed by atoms with E-state index < -0.39 is 17.8 Å². The van der Waals surface area contributed by atoms with Crippen LogP contribution < -0.4 is 10.6 Å². The number of esters is 2. The van der Waals surface area contributed by atoms with Crippen LogP contribution in [0.25, 0.3) is 11.1 Å². The first-order valence-electron chi connectivity index (χ1n) is 13.9. The molecule has 0 radical (unpaired) electrons. The van der Waals surface area contributed by atoms with Gasteiger partial charge in [0.2, 0.25) is 0 Å². The molecule has 2 fully saturated rings. The van der Waals surface area contributed by atoms with Gasteiger partial charge in [0, 0.05) is 35.0 Å². The van der Waals surface area contributed by atoms with Crippen molar-refractivity contribution < 1.29 is 23.5 Å². The summed E-state index contributed by atoms with van der Waals surface area (Å²) in [7, 11) is 0. The second-order valence-electron chi connectivity index (χ2n) is 13.8. The third-order valence-electron chi connectivity index (χ3n) is 7.83. The number of ether oxygens (including phenoxy) is 2. The Hall–Kier alpha value is -2.77. The average molecular weight is 539 g/mol. The number of rotatable bonds is 5. The molecule has 2 aromatic carbocycles. The lowest BCUT2D eigenvalue weighted by Gasteiger charge is -2.34. The van der Waals surface area contributed by atoms with Gasteiger partial charge in [0.25, 0.3) is 0 Å². The molecule has 0 bridgehead atoms.